The maximum atomic E-state index is 5.70. The topological polar surface area (TPSA) is 21.3 Å². The molecule has 0 heterocycles. The number of benzene rings is 1. The molecule has 1 N–H and O–H groups in total. The molecule has 0 bridgehead atoms. The highest BCUT2D eigenvalue weighted by Crippen LogP contribution is 2.19. The fourth-order valence-corrected chi connectivity index (χ4v) is 2.69. The van der Waals surface area contributed by atoms with Crippen LogP contribution in [0.2, 0.25) is 0 Å². The standard InChI is InChI=1S/C16H26BrNO/c1-12(2)16(13(3)4)11-18-8-9-19-15-7-5-6-14(17)10-15/h5-7,10,12-13,16,18H,8-9,11H2,1-4H3. The Bertz CT molecular complexity index is 358. The Morgan fingerprint density at radius 3 is 2.42 bits per heavy atom. The van der Waals surface area contributed by atoms with E-state index in [0.29, 0.717) is 6.61 Å². The average Bonchev–Trinajstić information content (AvgIpc) is 2.32. The lowest BCUT2D eigenvalue weighted by Crippen LogP contribution is -2.32. The lowest BCUT2D eigenvalue weighted by atomic mass is 9.85. The molecule has 1 aromatic carbocycles. The monoisotopic (exact) mass is 327 g/mol. The fourth-order valence-electron chi connectivity index (χ4n) is 2.31. The molecule has 0 atom stereocenters. The summed E-state index contributed by atoms with van der Waals surface area (Å²) in [7, 11) is 0. The van der Waals surface area contributed by atoms with Crippen LogP contribution >= 0.6 is 15.9 Å². The highest BCUT2D eigenvalue weighted by Gasteiger charge is 2.16. The third-order valence-corrected chi connectivity index (χ3v) is 3.93. The van der Waals surface area contributed by atoms with Gasteiger partial charge in [0.05, 0.1) is 0 Å². The summed E-state index contributed by atoms with van der Waals surface area (Å²) in [6, 6.07) is 7.96. The summed E-state index contributed by atoms with van der Waals surface area (Å²) in [6.45, 7) is 11.8. The van der Waals surface area contributed by atoms with Crippen molar-refractivity contribution in [3.63, 3.8) is 0 Å². The van der Waals surface area contributed by atoms with Crippen molar-refractivity contribution in [1.29, 1.82) is 0 Å². The number of hydrogen-bond donors (Lipinski definition) is 1. The van der Waals surface area contributed by atoms with Gasteiger partial charge in [-0.3, -0.25) is 0 Å². The van der Waals surface area contributed by atoms with E-state index in [-0.39, 0.29) is 0 Å². The third-order valence-electron chi connectivity index (χ3n) is 3.44. The molecule has 1 aromatic rings. The van der Waals surface area contributed by atoms with Crippen LogP contribution in [0, 0.1) is 17.8 Å². The zero-order valence-electron chi connectivity index (χ0n) is 12.4. The second kappa shape index (κ2) is 8.60. The van der Waals surface area contributed by atoms with E-state index in [9.17, 15) is 0 Å². The summed E-state index contributed by atoms with van der Waals surface area (Å²) in [5.41, 5.74) is 0. The zero-order valence-corrected chi connectivity index (χ0v) is 14.0. The summed E-state index contributed by atoms with van der Waals surface area (Å²) in [5.74, 6) is 3.09. The fraction of sp³-hybridized carbons (Fsp3) is 0.625. The maximum absolute atomic E-state index is 5.70. The van der Waals surface area contributed by atoms with Crippen molar-refractivity contribution in [2.24, 2.45) is 17.8 Å². The summed E-state index contributed by atoms with van der Waals surface area (Å²) < 4.78 is 6.75. The minimum absolute atomic E-state index is 0.708. The van der Waals surface area contributed by atoms with E-state index in [1.807, 2.05) is 24.3 Å². The van der Waals surface area contributed by atoms with E-state index in [4.69, 9.17) is 4.74 Å². The van der Waals surface area contributed by atoms with E-state index in [0.717, 1.165) is 41.1 Å². The summed E-state index contributed by atoms with van der Waals surface area (Å²) in [6.07, 6.45) is 0. The summed E-state index contributed by atoms with van der Waals surface area (Å²) in [5, 5.41) is 3.50. The Balaban J connectivity index is 2.20. The largest absolute Gasteiger partial charge is 0.492 e. The normalized spacial score (nSPS) is 11.6. The van der Waals surface area contributed by atoms with Crippen molar-refractivity contribution in [3.8, 4) is 5.75 Å². The van der Waals surface area contributed by atoms with Crippen molar-refractivity contribution >= 4 is 15.9 Å². The van der Waals surface area contributed by atoms with Crippen molar-refractivity contribution in [3.05, 3.63) is 28.7 Å². The molecule has 0 radical (unpaired) electrons. The number of ether oxygens (including phenoxy) is 1. The first kappa shape index (κ1) is 16.5. The first-order valence-electron chi connectivity index (χ1n) is 7.09. The van der Waals surface area contributed by atoms with Crippen LogP contribution in [-0.4, -0.2) is 19.7 Å². The molecule has 0 amide bonds. The van der Waals surface area contributed by atoms with Gasteiger partial charge >= 0.3 is 0 Å². The highest BCUT2D eigenvalue weighted by atomic mass is 79.9. The van der Waals surface area contributed by atoms with E-state index in [1.165, 1.54) is 0 Å². The number of rotatable bonds is 8. The SMILES string of the molecule is CC(C)C(CNCCOc1cccc(Br)c1)C(C)C. The van der Waals surface area contributed by atoms with Gasteiger partial charge in [0.15, 0.2) is 0 Å². The highest BCUT2D eigenvalue weighted by molar-refractivity contribution is 9.10. The van der Waals surface area contributed by atoms with Gasteiger partial charge in [0, 0.05) is 11.0 Å². The first-order valence-corrected chi connectivity index (χ1v) is 7.89. The van der Waals surface area contributed by atoms with Gasteiger partial charge in [0.1, 0.15) is 12.4 Å². The van der Waals surface area contributed by atoms with Crippen molar-refractivity contribution < 1.29 is 4.74 Å². The second-order valence-corrected chi connectivity index (χ2v) is 6.58. The van der Waals surface area contributed by atoms with Crippen LogP contribution in [0.5, 0.6) is 5.75 Å². The lowest BCUT2D eigenvalue weighted by molar-refractivity contribution is 0.259. The Morgan fingerprint density at radius 1 is 1.16 bits per heavy atom. The smallest absolute Gasteiger partial charge is 0.120 e. The zero-order chi connectivity index (χ0) is 14.3. The molecule has 108 valence electrons. The van der Waals surface area contributed by atoms with Gasteiger partial charge in [-0.2, -0.15) is 0 Å². The lowest BCUT2D eigenvalue weighted by Gasteiger charge is -2.25. The molecule has 0 saturated carbocycles. The Labute approximate surface area is 126 Å². The molecule has 2 nitrogen and oxygen atoms in total. The van der Waals surface area contributed by atoms with Crippen LogP contribution in [-0.2, 0) is 0 Å². The van der Waals surface area contributed by atoms with Gasteiger partial charge in [-0.25, -0.2) is 0 Å². The van der Waals surface area contributed by atoms with Gasteiger partial charge in [0.25, 0.3) is 0 Å². The maximum Gasteiger partial charge on any atom is 0.120 e. The summed E-state index contributed by atoms with van der Waals surface area (Å²) in [4.78, 5) is 0. The van der Waals surface area contributed by atoms with E-state index >= 15 is 0 Å². The molecule has 3 heteroatoms. The molecule has 0 aliphatic rings. The summed E-state index contributed by atoms with van der Waals surface area (Å²) >= 11 is 3.44. The van der Waals surface area contributed by atoms with E-state index < -0.39 is 0 Å². The van der Waals surface area contributed by atoms with Gasteiger partial charge in [-0.05, 0) is 42.5 Å². The van der Waals surface area contributed by atoms with Crippen molar-refractivity contribution in [2.45, 2.75) is 27.7 Å². The van der Waals surface area contributed by atoms with E-state index in [1.54, 1.807) is 0 Å². The second-order valence-electron chi connectivity index (χ2n) is 5.66. The van der Waals surface area contributed by atoms with Gasteiger partial charge in [-0.1, -0.05) is 49.7 Å². The average molecular weight is 328 g/mol. The molecule has 0 unspecified atom stereocenters. The van der Waals surface area contributed by atoms with Crippen LogP contribution in [0.15, 0.2) is 28.7 Å². The van der Waals surface area contributed by atoms with Crippen LogP contribution in [0.25, 0.3) is 0 Å². The Kier molecular flexibility index (Phi) is 7.47. The first-order chi connectivity index (χ1) is 9.00. The molecule has 0 aromatic heterocycles. The van der Waals surface area contributed by atoms with E-state index in [2.05, 4.69) is 48.9 Å². The molecule has 0 aliphatic carbocycles. The van der Waals surface area contributed by atoms with Gasteiger partial charge in [-0.15, -0.1) is 0 Å². The molecule has 1 rings (SSSR count). The third kappa shape index (κ3) is 6.44. The Morgan fingerprint density at radius 2 is 1.84 bits per heavy atom. The predicted octanol–water partition coefficient (Wildman–Crippen LogP) is 4.35. The van der Waals surface area contributed by atoms with Crippen LogP contribution in [0.3, 0.4) is 0 Å². The molecular formula is C16H26BrNO. The van der Waals surface area contributed by atoms with Crippen molar-refractivity contribution in [1.82, 2.24) is 5.32 Å². The van der Waals surface area contributed by atoms with Crippen LogP contribution < -0.4 is 10.1 Å². The molecule has 0 fully saturated rings. The van der Waals surface area contributed by atoms with Gasteiger partial charge in [0.2, 0.25) is 0 Å². The number of hydrogen-bond acceptors (Lipinski definition) is 2. The Hall–Kier alpha value is -0.540. The molecule has 19 heavy (non-hydrogen) atoms. The molecule has 0 aliphatic heterocycles. The number of halogens is 1. The molecular weight excluding hydrogens is 302 g/mol. The molecule has 0 saturated heterocycles. The molecule has 0 spiro atoms. The minimum atomic E-state index is 0.708. The number of nitrogens with one attached hydrogen (secondary N) is 1. The van der Waals surface area contributed by atoms with Crippen LogP contribution in [0.1, 0.15) is 27.7 Å². The van der Waals surface area contributed by atoms with Crippen LogP contribution in [0.4, 0.5) is 0 Å². The predicted molar refractivity (Wildman–Crippen MR) is 85.7 cm³/mol. The van der Waals surface area contributed by atoms with Crippen molar-refractivity contribution in [2.75, 3.05) is 19.7 Å². The van der Waals surface area contributed by atoms with Gasteiger partial charge < -0.3 is 10.1 Å². The quantitative estimate of drug-likeness (QED) is 0.717. The minimum Gasteiger partial charge on any atom is -0.492 e.